The van der Waals surface area contributed by atoms with Crippen molar-refractivity contribution in [1.29, 1.82) is 0 Å². The van der Waals surface area contributed by atoms with Crippen LogP contribution in [0.25, 0.3) is 45.8 Å². The van der Waals surface area contributed by atoms with Crippen LogP contribution in [0.5, 0.6) is 0 Å². The van der Waals surface area contributed by atoms with Gasteiger partial charge in [0, 0.05) is 49.6 Å². The maximum atomic E-state index is 4.46. The molecule has 0 fully saturated rings. The van der Waals surface area contributed by atoms with Crippen molar-refractivity contribution in [2.75, 3.05) is 4.90 Å². The molecule has 0 aliphatic rings. The molecule has 0 aliphatic heterocycles. The Hall–Kier alpha value is -5.67. The van der Waals surface area contributed by atoms with Crippen molar-refractivity contribution in [3.63, 3.8) is 0 Å². The van der Waals surface area contributed by atoms with Crippen LogP contribution in [0.2, 0.25) is 0 Å². The zero-order chi connectivity index (χ0) is 32.3. The Bertz CT molecular complexity index is 1940. The largest absolute Gasteiger partial charge is 0.311 e. The van der Waals surface area contributed by atoms with E-state index in [2.05, 4.69) is 125 Å². The number of benzene rings is 5. The van der Waals surface area contributed by atoms with Crippen LogP contribution in [-0.4, -0.2) is 9.97 Å². The van der Waals surface area contributed by atoms with E-state index in [0.717, 1.165) is 61.8 Å². The monoisotopic (exact) mass is 796 g/mol. The van der Waals surface area contributed by atoms with Crippen LogP contribution >= 0.6 is 0 Å². The van der Waals surface area contributed by atoms with Crippen molar-refractivity contribution in [1.82, 2.24) is 9.97 Å². The summed E-state index contributed by atoms with van der Waals surface area (Å²) in [5.41, 5.74) is 11.6. The molecule has 7 aromatic rings. The van der Waals surface area contributed by atoms with Crippen LogP contribution in [0.15, 0.2) is 177 Å². The fraction of sp³-hybridized carbons (Fsp3) is 0. The number of rotatable bonds is 8. The normalized spacial score (nSPS) is 10.1. The van der Waals surface area contributed by atoms with Gasteiger partial charge in [-0.15, -0.1) is 71.3 Å². The second-order valence-electron chi connectivity index (χ2n) is 10.7. The van der Waals surface area contributed by atoms with E-state index in [1.807, 2.05) is 85.1 Å². The molecule has 0 saturated carbocycles. The van der Waals surface area contributed by atoms with E-state index in [1.54, 1.807) is 6.20 Å². The average Bonchev–Trinajstić information content (AvgIpc) is 3.17. The summed E-state index contributed by atoms with van der Waals surface area (Å²) in [5, 5.41) is 0. The minimum absolute atomic E-state index is 0. The van der Waals surface area contributed by atoms with Crippen LogP contribution < -0.4 is 4.90 Å². The standard InChI is InChI=1S/C33H25N2.C11H8N.Ir/c1-3-25-11-17-30(18-12-25)35(31-19-13-26(4-2)14-20-31)32-21-15-27(16-22-32)28-8-7-9-29(24-28)33-10-5-6-23-34-33;1-2-6-10(7-3-1)11-8-4-5-9-12-11;/h3-8,10-24H,1-2H2;1-6,8-9H;/q2*-1;. The summed E-state index contributed by atoms with van der Waals surface area (Å²) in [6, 6.07) is 57.7. The first kappa shape index (κ1) is 33.7. The van der Waals surface area contributed by atoms with Gasteiger partial charge in [-0.25, -0.2) is 0 Å². The fourth-order valence-corrected chi connectivity index (χ4v) is 5.16. The molecule has 5 aromatic carbocycles. The molecule has 48 heavy (non-hydrogen) atoms. The molecule has 0 unspecified atom stereocenters. The number of pyridine rings is 2. The van der Waals surface area contributed by atoms with Gasteiger partial charge in [-0.1, -0.05) is 86.0 Å². The second-order valence-corrected chi connectivity index (χ2v) is 10.7. The third-order valence-electron chi connectivity index (χ3n) is 7.63. The van der Waals surface area contributed by atoms with Gasteiger partial charge in [0.1, 0.15) is 0 Å². The summed E-state index contributed by atoms with van der Waals surface area (Å²) < 4.78 is 0. The summed E-state index contributed by atoms with van der Waals surface area (Å²) in [5.74, 6) is 0. The van der Waals surface area contributed by atoms with Gasteiger partial charge in [0.05, 0.1) is 0 Å². The Morgan fingerprint density at radius 3 is 1.46 bits per heavy atom. The topological polar surface area (TPSA) is 29.0 Å². The molecule has 0 N–H and O–H groups in total. The van der Waals surface area contributed by atoms with Gasteiger partial charge < -0.3 is 14.9 Å². The smallest absolute Gasteiger partial charge is 0.0462 e. The first-order chi connectivity index (χ1) is 23.2. The number of aromatic nitrogens is 2. The molecular formula is C44H33IrN3-2. The number of hydrogen-bond acceptors (Lipinski definition) is 3. The molecule has 0 atom stereocenters. The summed E-state index contributed by atoms with van der Waals surface area (Å²) >= 11 is 0. The van der Waals surface area contributed by atoms with E-state index in [0.29, 0.717) is 0 Å². The predicted octanol–water partition coefficient (Wildman–Crippen LogP) is 11.5. The van der Waals surface area contributed by atoms with E-state index < -0.39 is 0 Å². The molecule has 7 rings (SSSR count). The van der Waals surface area contributed by atoms with Crippen molar-refractivity contribution < 1.29 is 20.1 Å². The number of anilines is 3. The van der Waals surface area contributed by atoms with Crippen LogP contribution in [0.1, 0.15) is 11.1 Å². The molecule has 1 radical (unpaired) electrons. The Labute approximate surface area is 297 Å². The van der Waals surface area contributed by atoms with Crippen LogP contribution in [0, 0.1) is 12.1 Å². The summed E-state index contributed by atoms with van der Waals surface area (Å²) in [7, 11) is 0. The van der Waals surface area contributed by atoms with Gasteiger partial charge in [-0.3, -0.25) is 0 Å². The van der Waals surface area contributed by atoms with Gasteiger partial charge in [-0.05, 0) is 76.6 Å². The van der Waals surface area contributed by atoms with Crippen molar-refractivity contribution in [2.45, 2.75) is 0 Å². The summed E-state index contributed by atoms with van der Waals surface area (Å²) in [6.45, 7) is 7.75. The number of nitrogens with zero attached hydrogens (tertiary/aromatic N) is 3. The quantitative estimate of drug-likeness (QED) is 0.144. The second kappa shape index (κ2) is 16.8. The molecule has 0 spiro atoms. The van der Waals surface area contributed by atoms with Crippen molar-refractivity contribution >= 4 is 29.2 Å². The molecule has 2 heterocycles. The van der Waals surface area contributed by atoms with E-state index in [1.165, 1.54) is 0 Å². The first-order valence-corrected chi connectivity index (χ1v) is 15.4. The molecule has 0 saturated heterocycles. The molecule has 0 aliphatic carbocycles. The summed E-state index contributed by atoms with van der Waals surface area (Å²) in [4.78, 5) is 10.9. The minimum atomic E-state index is 0. The SMILES string of the molecule is C=Cc1ccc(N(c2ccc(C=C)cc2)c2ccc(-c3cc[c-]c(-c4ccccn4)c3)cc2)cc1.[Ir].[c-]1ccccc1-c1ccccn1. The number of hydrogen-bond donors (Lipinski definition) is 0. The summed E-state index contributed by atoms with van der Waals surface area (Å²) in [6.07, 6.45) is 7.31. The van der Waals surface area contributed by atoms with E-state index in [9.17, 15) is 0 Å². The maximum absolute atomic E-state index is 4.46. The van der Waals surface area contributed by atoms with Gasteiger partial charge in [0.15, 0.2) is 0 Å². The van der Waals surface area contributed by atoms with E-state index in [4.69, 9.17) is 0 Å². The Balaban J connectivity index is 0.000000291. The zero-order valence-corrected chi connectivity index (χ0v) is 28.7. The van der Waals surface area contributed by atoms with Gasteiger partial charge in [0.25, 0.3) is 0 Å². The molecule has 235 valence electrons. The van der Waals surface area contributed by atoms with E-state index in [-0.39, 0.29) is 20.1 Å². The first-order valence-electron chi connectivity index (χ1n) is 15.4. The Morgan fingerprint density at radius 1 is 0.479 bits per heavy atom. The van der Waals surface area contributed by atoms with Crippen LogP contribution in [-0.2, 0) is 20.1 Å². The molecule has 3 nitrogen and oxygen atoms in total. The van der Waals surface area contributed by atoms with Gasteiger partial charge in [0.2, 0.25) is 0 Å². The average molecular weight is 796 g/mol. The van der Waals surface area contributed by atoms with Gasteiger partial charge in [-0.2, -0.15) is 0 Å². The Morgan fingerprint density at radius 2 is 0.979 bits per heavy atom. The molecule has 2 aromatic heterocycles. The molecule has 0 bridgehead atoms. The molecule has 0 amide bonds. The predicted molar refractivity (Wildman–Crippen MR) is 197 cm³/mol. The third-order valence-corrected chi connectivity index (χ3v) is 7.63. The van der Waals surface area contributed by atoms with Crippen molar-refractivity contribution in [3.05, 3.63) is 200 Å². The van der Waals surface area contributed by atoms with E-state index >= 15 is 0 Å². The maximum Gasteiger partial charge on any atom is 0.0462 e. The van der Waals surface area contributed by atoms with Crippen molar-refractivity contribution in [3.8, 4) is 33.6 Å². The zero-order valence-electron chi connectivity index (χ0n) is 26.3. The fourth-order valence-electron chi connectivity index (χ4n) is 5.16. The van der Waals surface area contributed by atoms with Crippen LogP contribution in [0.3, 0.4) is 0 Å². The molecular weight excluding hydrogens is 763 g/mol. The van der Waals surface area contributed by atoms with Gasteiger partial charge >= 0.3 is 0 Å². The molecule has 4 heteroatoms. The minimum Gasteiger partial charge on any atom is -0.311 e. The third kappa shape index (κ3) is 8.37. The van der Waals surface area contributed by atoms with Crippen molar-refractivity contribution in [2.24, 2.45) is 0 Å². The van der Waals surface area contributed by atoms with Crippen LogP contribution in [0.4, 0.5) is 17.1 Å². The Kier molecular flexibility index (Phi) is 11.8.